The molecule has 0 aliphatic rings. The van der Waals surface area contributed by atoms with E-state index in [1.807, 2.05) is 12.1 Å². The number of nitrogens with zero attached hydrogens (tertiary/aromatic N) is 2. The van der Waals surface area contributed by atoms with Gasteiger partial charge < -0.3 is 10.1 Å². The van der Waals surface area contributed by atoms with Crippen LogP contribution in [0.5, 0.6) is 11.6 Å². The topological polar surface area (TPSA) is 47.0 Å². The van der Waals surface area contributed by atoms with Gasteiger partial charge in [-0.15, -0.1) is 0 Å². The summed E-state index contributed by atoms with van der Waals surface area (Å²) in [5.74, 6) is 2.16. The lowest BCUT2D eigenvalue weighted by molar-refractivity contribution is 0.450. The zero-order chi connectivity index (χ0) is 14.7. The summed E-state index contributed by atoms with van der Waals surface area (Å²) in [4.78, 5) is 8.42. The molecular formula is C14H15Br2N3O. The lowest BCUT2D eigenvalue weighted by Crippen LogP contribution is -2.00. The number of halogens is 2. The van der Waals surface area contributed by atoms with Crippen molar-refractivity contribution >= 4 is 37.8 Å². The Morgan fingerprint density at radius 2 is 2.00 bits per heavy atom. The quantitative estimate of drug-likeness (QED) is 0.787. The Morgan fingerprint density at radius 1 is 1.25 bits per heavy atom. The van der Waals surface area contributed by atoms with Gasteiger partial charge >= 0.3 is 0 Å². The first kappa shape index (κ1) is 15.3. The lowest BCUT2D eigenvalue weighted by atomic mass is 10.0. The second-order valence-corrected chi connectivity index (χ2v) is 6.31. The first-order chi connectivity index (χ1) is 9.51. The molecular weight excluding hydrogens is 386 g/mol. The molecule has 2 rings (SSSR count). The Bertz CT molecular complexity index is 617. The van der Waals surface area contributed by atoms with E-state index in [1.54, 1.807) is 13.2 Å². The molecule has 0 radical (unpaired) electrons. The highest BCUT2D eigenvalue weighted by atomic mass is 79.9. The van der Waals surface area contributed by atoms with Crippen LogP contribution in [0, 0.1) is 0 Å². The Hall–Kier alpha value is -1.14. The van der Waals surface area contributed by atoms with Crippen molar-refractivity contribution in [3.05, 3.63) is 38.9 Å². The average Bonchev–Trinajstić information content (AvgIpc) is 2.42. The van der Waals surface area contributed by atoms with Crippen molar-refractivity contribution in [3.8, 4) is 11.6 Å². The van der Waals surface area contributed by atoms with E-state index >= 15 is 0 Å². The van der Waals surface area contributed by atoms with Gasteiger partial charge in [-0.05, 0) is 45.6 Å². The molecule has 106 valence electrons. The highest BCUT2D eigenvalue weighted by Gasteiger charge is 2.13. The van der Waals surface area contributed by atoms with Crippen molar-refractivity contribution in [1.82, 2.24) is 9.97 Å². The van der Waals surface area contributed by atoms with Crippen LogP contribution in [0.25, 0.3) is 0 Å². The van der Waals surface area contributed by atoms with Gasteiger partial charge in [-0.1, -0.05) is 29.8 Å². The number of benzene rings is 1. The second-order valence-electron chi connectivity index (χ2n) is 4.54. The molecule has 0 unspecified atom stereocenters. The number of rotatable bonds is 4. The number of anilines is 1. The van der Waals surface area contributed by atoms with Gasteiger partial charge in [0, 0.05) is 11.5 Å². The van der Waals surface area contributed by atoms with Crippen LogP contribution < -0.4 is 10.1 Å². The number of hydrogen-bond acceptors (Lipinski definition) is 4. The minimum absolute atomic E-state index is 0.354. The molecule has 20 heavy (non-hydrogen) atoms. The number of aromatic nitrogens is 2. The third-order valence-corrected chi connectivity index (χ3v) is 3.77. The van der Waals surface area contributed by atoms with Gasteiger partial charge in [-0.25, -0.2) is 4.98 Å². The van der Waals surface area contributed by atoms with E-state index < -0.39 is 0 Å². The molecule has 1 aromatic heterocycles. The van der Waals surface area contributed by atoms with Gasteiger partial charge in [0.1, 0.15) is 5.75 Å². The molecule has 6 heteroatoms. The van der Waals surface area contributed by atoms with Crippen molar-refractivity contribution in [2.24, 2.45) is 0 Å². The van der Waals surface area contributed by atoms with Crippen molar-refractivity contribution in [2.75, 3.05) is 12.4 Å². The molecule has 0 bridgehead atoms. The molecule has 0 atom stereocenters. The fourth-order valence-electron chi connectivity index (χ4n) is 1.71. The highest BCUT2D eigenvalue weighted by Crippen LogP contribution is 2.34. The molecule has 1 aromatic carbocycles. The summed E-state index contributed by atoms with van der Waals surface area (Å²) in [5, 5.41) is 2.90. The van der Waals surface area contributed by atoms with E-state index in [2.05, 4.69) is 67.1 Å². The minimum atomic E-state index is 0.354. The fourth-order valence-corrected chi connectivity index (χ4v) is 2.36. The molecule has 1 heterocycles. The SMILES string of the molecule is CNc1ncc(Br)c(Oc2ccc(Br)cc2C(C)C)n1. The maximum atomic E-state index is 5.94. The first-order valence-electron chi connectivity index (χ1n) is 6.19. The summed E-state index contributed by atoms with van der Waals surface area (Å²) in [5.41, 5.74) is 1.12. The smallest absolute Gasteiger partial charge is 0.238 e. The van der Waals surface area contributed by atoms with Crippen LogP contribution in [-0.4, -0.2) is 17.0 Å². The van der Waals surface area contributed by atoms with Crippen LogP contribution in [0.1, 0.15) is 25.3 Å². The maximum Gasteiger partial charge on any atom is 0.238 e. The summed E-state index contributed by atoms with van der Waals surface area (Å²) in [7, 11) is 1.77. The third-order valence-electron chi connectivity index (χ3n) is 2.74. The summed E-state index contributed by atoms with van der Waals surface area (Å²) in [6.07, 6.45) is 1.67. The fraction of sp³-hybridized carbons (Fsp3) is 0.286. The Labute approximate surface area is 135 Å². The molecule has 0 spiro atoms. The monoisotopic (exact) mass is 399 g/mol. The van der Waals surface area contributed by atoms with E-state index in [9.17, 15) is 0 Å². The van der Waals surface area contributed by atoms with Gasteiger partial charge in [0.25, 0.3) is 0 Å². The average molecular weight is 401 g/mol. The number of ether oxygens (including phenoxy) is 1. The largest absolute Gasteiger partial charge is 0.437 e. The van der Waals surface area contributed by atoms with Crippen LogP contribution in [0.15, 0.2) is 33.3 Å². The molecule has 0 saturated carbocycles. The van der Waals surface area contributed by atoms with E-state index in [-0.39, 0.29) is 0 Å². The van der Waals surface area contributed by atoms with Crippen molar-refractivity contribution in [1.29, 1.82) is 0 Å². The standard InChI is InChI=1S/C14H15Br2N3O/c1-8(2)10-6-9(15)4-5-12(10)20-13-11(16)7-18-14(17-3)19-13/h4-8H,1-3H3,(H,17,18,19). The van der Waals surface area contributed by atoms with Crippen LogP contribution in [-0.2, 0) is 0 Å². The van der Waals surface area contributed by atoms with Gasteiger partial charge in [0.15, 0.2) is 0 Å². The first-order valence-corrected chi connectivity index (χ1v) is 7.77. The number of nitrogens with one attached hydrogen (secondary N) is 1. The van der Waals surface area contributed by atoms with Crippen LogP contribution in [0.2, 0.25) is 0 Å². The van der Waals surface area contributed by atoms with Gasteiger partial charge in [0.05, 0.1) is 10.7 Å². The second kappa shape index (κ2) is 6.54. The summed E-state index contributed by atoms with van der Waals surface area (Å²) < 4.78 is 7.69. The van der Waals surface area contributed by atoms with E-state index in [0.717, 1.165) is 15.8 Å². The van der Waals surface area contributed by atoms with Crippen molar-refractivity contribution < 1.29 is 4.74 Å². The zero-order valence-corrected chi connectivity index (χ0v) is 14.6. The summed E-state index contributed by atoms with van der Waals surface area (Å²) in [6.45, 7) is 4.26. The Kier molecular flexibility index (Phi) is 4.99. The Balaban J connectivity index is 2.39. The minimum Gasteiger partial charge on any atom is -0.437 e. The molecule has 0 fully saturated rings. The van der Waals surface area contributed by atoms with E-state index in [4.69, 9.17) is 4.74 Å². The van der Waals surface area contributed by atoms with E-state index in [0.29, 0.717) is 22.2 Å². The summed E-state index contributed by atoms with van der Waals surface area (Å²) >= 11 is 6.89. The van der Waals surface area contributed by atoms with Crippen molar-refractivity contribution in [3.63, 3.8) is 0 Å². The van der Waals surface area contributed by atoms with E-state index in [1.165, 1.54) is 0 Å². The van der Waals surface area contributed by atoms with Gasteiger partial charge in [-0.3, -0.25) is 0 Å². The molecule has 4 nitrogen and oxygen atoms in total. The van der Waals surface area contributed by atoms with Crippen molar-refractivity contribution in [2.45, 2.75) is 19.8 Å². The molecule has 0 aliphatic heterocycles. The normalized spacial score (nSPS) is 10.7. The zero-order valence-electron chi connectivity index (χ0n) is 11.4. The van der Waals surface area contributed by atoms with Gasteiger partial charge in [-0.2, -0.15) is 4.98 Å². The van der Waals surface area contributed by atoms with Crippen LogP contribution >= 0.6 is 31.9 Å². The maximum absolute atomic E-state index is 5.94. The third kappa shape index (κ3) is 3.49. The number of hydrogen-bond donors (Lipinski definition) is 1. The highest BCUT2D eigenvalue weighted by molar-refractivity contribution is 9.10. The van der Waals surface area contributed by atoms with Crippen LogP contribution in [0.3, 0.4) is 0 Å². The van der Waals surface area contributed by atoms with Crippen LogP contribution in [0.4, 0.5) is 5.95 Å². The molecule has 0 amide bonds. The molecule has 1 N–H and O–H groups in total. The van der Waals surface area contributed by atoms with Gasteiger partial charge in [0.2, 0.25) is 11.8 Å². The molecule has 2 aromatic rings. The Morgan fingerprint density at radius 3 is 2.65 bits per heavy atom. The molecule has 0 aliphatic carbocycles. The predicted molar refractivity (Wildman–Crippen MR) is 87.6 cm³/mol. The lowest BCUT2D eigenvalue weighted by Gasteiger charge is -2.14. The predicted octanol–water partition coefficient (Wildman–Crippen LogP) is 4.96. The molecule has 0 saturated heterocycles. The summed E-state index contributed by atoms with van der Waals surface area (Å²) in [6, 6.07) is 5.95.